The van der Waals surface area contributed by atoms with Gasteiger partial charge in [-0.25, -0.2) is 4.79 Å². The number of ether oxygens (including phenoxy) is 4. The van der Waals surface area contributed by atoms with E-state index in [9.17, 15) is 4.79 Å². The van der Waals surface area contributed by atoms with Crippen LogP contribution in [0.25, 0.3) is 22.5 Å². The SMILES string of the molecule is CCOC(=O)n1nc2c(c1-c1cc(OC)c(OC)c(OC)c1)CCc1ccccc1-2. The molecule has 0 bridgehead atoms. The molecule has 0 radical (unpaired) electrons. The predicted octanol–water partition coefficient (Wildman–Crippen LogP) is 4.35. The Hall–Kier alpha value is -3.48. The van der Waals surface area contributed by atoms with E-state index in [2.05, 4.69) is 11.2 Å². The summed E-state index contributed by atoms with van der Waals surface area (Å²) >= 11 is 0. The van der Waals surface area contributed by atoms with Gasteiger partial charge in [0.1, 0.15) is 0 Å². The molecule has 1 aliphatic rings. The van der Waals surface area contributed by atoms with Gasteiger partial charge in [0, 0.05) is 16.7 Å². The predicted molar refractivity (Wildman–Crippen MR) is 113 cm³/mol. The molecule has 0 spiro atoms. The Morgan fingerprint density at radius 1 is 1.03 bits per heavy atom. The van der Waals surface area contributed by atoms with E-state index >= 15 is 0 Å². The van der Waals surface area contributed by atoms with Crippen LogP contribution in [0.4, 0.5) is 4.79 Å². The van der Waals surface area contributed by atoms with E-state index in [1.165, 1.54) is 10.2 Å². The van der Waals surface area contributed by atoms with Crippen LogP contribution in [0.15, 0.2) is 36.4 Å². The van der Waals surface area contributed by atoms with Gasteiger partial charge < -0.3 is 18.9 Å². The largest absolute Gasteiger partial charge is 0.493 e. The third kappa shape index (κ3) is 3.16. The van der Waals surface area contributed by atoms with E-state index in [1.807, 2.05) is 30.3 Å². The molecule has 3 aromatic rings. The third-order valence-corrected chi connectivity index (χ3v) is 5.28. The number of aromatic nitrogens is 2. The van der Waals surface area contributed by atoms with Crippen molar-refractivity contribution < 1.29 is 23.7 Å². The summed E-state index contributed by atoms with van der Waals surface area (Å²) in [7, 11) is 4.69. The van der Waals surface area contributed by atoms with Gasteiger partial charge >= 0.3 is 6.09 Å². The molecule has 156 valence electrons. The second kappa shape index (κ2) is 8.10. The van der Waals surface area contributed by atoms with Gasteiger partial charge in [0.15, 0.2) is 11.5 Å². The fourth-order valence-electron chi connectivity index (χ4n) is 3.96. The molecule has 0 fully saturated rings. The molecule has 0 N–H and O–H groups in total. The Bertz CT molecular complexity index is 1080. The van der Waals surface area contributed by atoms with Crippen molar-refractivity contribution >= 4 is 6.09 Å². The van der Waals surface area contributed by atoms with E-state index in [-0.39, 0.29) is 6.61 Å². The topological polar surface area (TPSA) is 71.8 Å². The standard InChI is InChI=1S/C23H24N2O5/c1-5-30-23(26)25-21(15-12-18(27-2)22(29-4)19(13-15)28-3)17-11-10-14-8-6-7-9-16(14)20(17)24-25/h6-9,12-13H,5,10-11H2,1-4H3. The van der Waals surface area contributed by atoms with Crippen molar-refractivity contribution in [2.45, 2.75) is 19.8 Å². The van der Waals surface area contributed by atoms with Gasteiger partial charge in [0.25, 0.3) is 0 Å². The summed E-state index contributed by atoms with van der Waals surface area (Å²) in [5.74, 6) is 1.51. The Kier molecular flexibility index (Phi) is 5.35. The lowest BCUT2D eigenvalue weighted by Gasteiger charge is -2.17. The quantitative estimate of drug-likeness (QED) is 0.625. The fourth-order valence-corrected chi connectivity index (χ4v) is 3.96. The molecule has 0 unspecified atom stereocenters. The maximum absolute atomic E-state index is 12.8. The summed E-state index contributed by atoms with van der Waals surface area (Å²) in [6.07, 6.45) is 1.11. The van der Waals surface area contributed by atoms with Crippen LogP contribution in [-0.4, -0.2) is 43.8 Å². The molecule has 4 rings (SSSR count). The third-order valence-electron chi connectivity index (χ3n) is 5.28. The molecule has 0 aliphatic heterocycles. The minimum Gasteiger partial charge on any atom is -0.493 e. The zero-order valence-electron chi connectivity index (χ0n) is 17.5. The lowest BCUT2D eigenvalue weighted by molar-refractivity contribution is 0.151. The van der Waals surface area contributed by atoms with Crippen molar-refractivity contribution in [2.24, 2.45) is 0 Å². The zero-order chi connectivity index (χ0) is 21.3. The second-order valence-corrected chi connectivity index (χ2v) is 6.86. The molecule has 7 heteroatoms. The summed E-state index contributed by atoms with van der Waals surface area (Å²) in [6.45, 7) is 2.03. The van der Waals surface area contributed by atoms with Crippen LogP contribution in [0, 0.1) is 0 Å². The van der Waals surface area contributed by atoms with Gasteiger partial charge in [-0.2, -0.15) is 9.78 Å². The van der Waals surface area contributed by atoms with Crippen molar-refractivity contribution in [1.29, 1.82) is 0 Å². The van der Waals surface area contributed by atoms with Crippen molar-refractivity contribution in [3.8, 4) is 39.8 Å². The van der Waals surface area contributed by atoms with Crippen LogP contribution in [0.5, 0.6) is 17.2 Å². The number of hydrogen-bond donors (Lipinski definition) is 0. The maximum atomic E-state index is 12.8. The van der Waals surface area contributed by atoms with Crippen LogP contribution in [0.3, 0.4) is 0 Å². The van der Waals surface area contributed by atoms with Gasteiger partial charge in [-0.15, -0.1) is 0 Å². The monoisotopic (exact) mass is 408 g/mol. The molecule has 1 aromatic heterocycles. The van der Waals surface area contributed by atoms with Crippen LogP contribution >= 0.6 is 0 Å². The summed E-state index contributed by atoms with van der Waals surface area (Å²) < 4.78 is 23.1. The first kappa shape index (κ1) is 19.8. The number of carbonyl (C=O) groups excluding carboxylic acids is 1. The molecule has 2 aromatic carbocycles. The summed E-state index contributed by atoms with van der Waals surface area (Å²) in [4.78, 5) is 12.8. The normalized spacial score (nSPS) is 12.0. The Morgan fingerprint density at radius 3 is 2.37 bits per heavy atom. The molecular formula is C23H24N2O5. The molecule has 1 aliphatic carbocycles. The highest BCUT2D eigenvalue weighted by molar-refractivity contribution is 5.86. The number of fused-ring (bicyclic) bond motifs is 3. The number of hydrogen-bond acceptors (Lipinski definition) is 6. The Balaban J connectivity index is 1.99. The number of rotatable bonds is 5. The van der Waals surface area contributed by atoms with E-state index in [0.717, 1.165) is 35.2 Å². The molecule has 7 nitrogen and oxygen atoms in total. The lowest BCUT2D eigenvalue weighted by atomic mass is 9.88. The van der Waals surface area contributed by atoms with Crippen LogP contribution in [0.2, 0.25) is 0 Å². The van der Waals surface area contributed by atoms with Crippen molar-refractivity contribution in [3.05, 3.63) is 47.5 Å². The number of aryl methyl sites for hydroxylation is 1. The molecule has 1 heterocycles. The number of methoxy groups -OCH3 is 3. The molecule has 0 saturated carbocycles. The minimum atomic E-state index is -0.520. The van der Waals surface area contributed by atoms with Gasteiger partial charge in [0.2, 0.25) is 5.75 Å². The highest BCUT2D eigenvalue weighted by Gasteiger charge is 2.29. The van der Waals surface area contributed by atoms with Crippen LogP contribution in [-0.2, 0) is 17.6 Å². The number of carbonyl (C=O) groups is 1. The van der Waals surface area contributed by atoms with Gasteiger partial charge in [-0.3, -0.25) is 0 Å². The van der Waals surface area contributed by atoms with Crippen molar-refractivity contribution in [3.63, 3.8) is 0 Å². The molecule has 0 atom stereocenters. The molecule has 30 heavy (non-hydrogen) atoms. The zero-order valence-corrected chi connectivity index (χ0v) is 17.5. The maximum Gasteiger partial charge on any atom is 0.435 e. The lowest BCUT2D eigenvalue weighted by Crippen LogP contribution is -2.16. The second-order valence-electron chi connectivity index (χ2n) is 6.86. The van der Waals surface area contributed by atoms with E-state index in [0.29, 0.717) is 22.9 Å². The highest BCUT2D eigenvalue weighted by atomic mass is 16.6. The smallest absolute Gasteiger partial charge is 0.435 e. The highest BCUT2D eigenvalue weighted by Crippen LogP contribution is 2.44. The minimum absolute atomic E-state index is 0.259. The van der Waals surface area contributed by atoms with E-state index in [1.54, 1.807) is 28.3 Å². The first-order valence-corrected chi connectivity index (χ1v) is 9.80. The van der Waals surface area contributed by atoms with Gasteiger partial charge in [-0.1, -0.05) is 24.3 Å². The Labute approximate surface area is 175 Å². The fraction of sp³-hybridized carbons (Fsp3) is 0.304. The van der Waals surface area contributed by atoms with E-state index < -0.39 is 6.09 Å². The van der Waals surface area contributed by atoms with Gasteiger partial charge in [0.05, 0.1) is 39.3 Å². The van der Waals surface area contributed by atoms with Crippen molar-refractivity contribution in [1.82, 2.24) is 9.78 Å². The molecule has 0 saturated heterocycles. The number of nitrogens with zero attached hydrogens (tertiary/aromatic N) is 2. The Morgan fingerprint density at radius 2 is 1.73 bits per heavy atom. The summed E-state index contributed by atoms with van der Waals surface area (Å²) in [5, 5.41) is 4.67. The molecular weight excluding hydrogens is 384 g/mol. The average molecular weight is 408 g/mol. The van der Waals surface area contributed by atoms with Gasteiger partial charge in [-0.05, 0) is 37.5 Å². The van der Waals surface area contributed by atoms with E-state index in [4.69, 9.17) is 18.9 Å². The van der Waals surface area contributed by atoms with Crippen LogP contribution < -0.4 is 14.2 Å². The molecule has 0 amide bonds. The number of benzene rings is 2. The van der Waals surface area contributed by atoms with Crippen LogP contribution in [0.1, 0.15) is 18.1 Å². The first-order chi connectivity index (χ1) is 14.6. The first-order valence-electron chi connectivity index (χ1n) is 9.80. The summed E-state index contributed by atoms with van der Waals surface area (Å²) in [5.41, 5.74) is 5.47. The summed E-state index contributed by atoms with van der Waals surface area (Å²) in [6, 6.07) is 11.8. The van der Waals surface area contributed by atoms with Crippen molar-refractivity contribution in [2.75, 3.05) is 27.9 Å². The average Bonchev–Trinajstić information content (AvgIpc) is 3.18.